The van der Waals surface area contributed by atoms with Gasteiger partial charge in [-0.2, -0.15) is 13.2 Å². The number of halogens is 4. The van der Waals surface area contributed by atoms with Gasteiger partial charge in [0.05, 0.1) is 5.56 Å². The zero-order chi connectivity index (χ0) is 24.8. The van der Waals surface area contributed by atoms with Crippen LogP contribution in [0.4, 0.5) is 24.5 Å². The summed E-state index contributed by atoms with van der Waals surface area (Å²) in [5, 5.41) is 6.52. The zero-order valence-corrected chi connectivity index (χ0v) is 19.2. The van der Waals surface area contributed by atoms with E-state index in [4.69, 9.17) is 11.6 Å². The Bertz CT molecular complexity index is 1290. The fourth-order valence-electron chi connectivity index (χ4n) is 3.54. The Kier molecular flexibility index (Phi) is 7.36. The number of rotatable bonds is 7. The van der Waals surface area contributed by atoms with E-state index in [-0.39, 0.29) is 0 Å². The Morgan fingerprint density at radius 2 is 1.60 bits per heavy atom. The van der Waals surface area contributed by atoms with Crippen molar-refractivity contribution in [3.8, 4) is 11.1 Å². The predicted molar refractivity (Wildman–Crippen MR) is 133 cm³/mol. The number of alkyl halides is 3. The van der Waals surface area contributed by atoms with Crippen molar-refractivity contribution >= 4 is 28.9 Å². The average molecular weight is 496 g/mol. The molecule has 4 nitrogen and oxygen atoms in total. The summed E-state index contributed by atoms with van der Waals surface area (Å²) in [6.07, 6.45) is -1.90. The third-order valence-corrected chi connectivity index (χ3v) is 5.56. The number of pyridine rings is 1. The van der Waals surface area contributed by atoms with Crippen molar-refractivity contribution in [2.45, 2.75) is 12.6 Å². The number of carbonyl (C=O) groups excluding carboxylic acids is 1. The zero-order valence-electron chi connectivity index (χ0n) is 18.4. The summed E-state index contributed by atoms with van der Waals surface area (Å²) in [6.45, 7) is 0.712. The Hall–Kier alpha value is -3.84. The lowest BCUT2D eigenvalue weighted by Crippen LogP contribution is -2.13. The molecule has 8 heteroatoms. The third-order valence-electron chi connectivity index (χ3n) is 5.33. The lowest BCUT2D eigenvalue weighted by Gasteiger charge is -2.13. The number of amides is 1. The summed E-state index contributed by atoms with van der Waals surface area (Å²) < 4.78 is 38.8. The van der Waals surface area contributed by atoms with Crippen molar-refractivity contribution in [2.24, 2.45) is 0 Å². The van der Waals surface area contributed by atoms with Gasteiger partial charge in [0.2, 0.25) is 0 Å². The first kappa shape index (κ1) is 24.3. The summed E-state index contributed by atoms with van der Waals surface area (Å²) in [6, 6.07) is 22.4. The van der Waals surface area contributed by atoms with Gasteiger partial charge in [-0.1, -0.05) is 29.8 Å². The van der Waals surface area contributed by atoms with E-state index in [2.05, 4.69) is 15.6 Å². The van der Waals surface area contributed by atoms with Crippen LogP contribution >= 0.6 is 11.6 Å². The highest BCUT2D eigenvalue weighted by Crippen LogP contribution is 2.33. The number of carbonyl (C=O) groups is 1. The fraction of sp³-hybridized carbons (Fsp3) is 0.111. The monoisotopic (exact) mass is 495 g/mol. The average Bonchev–Trinajstić information content (AvgIpc) is 2.85. The maximum Gasteiger partial charge on any atom is 0.416 e. The Morgan fingerprint density at radius 3 is 2.26 bits per heavy atom. The van der Waals surface area contributed by atoms with Gasteiger partial charge >= 0.3 is 6.18 Å². The highest BCUT2D eigenvalue weighted by molar-refractivity contribution is 6.31. The van der Waals surface area contributed by atoms with Gasteiger partial charge in [0.25, 0.3) is 5.91 Å². The molecule has 1 amide bonds. The van der Waals surface area contributed by atoms with Gasteiger partial charge < -0.3 is 10.6 Å². The van der Waals surface area contributed by atoms with Crippen LogP contribution in [-0.2, 0) is 12.6 Å². The molecule has 0 aliphatic carbocycles. The topological polar surface area (TPSA) is 54.0 Å². The van der Waals surface area contributed by atoms with Gasteiger partial charge in [0.1, 0.15) is 0 Å². The second-order valence-corrected chi connectivity index (χ2v) is 8.23. The molecule has 4 rings (SSSR count). The lowest BCUT2D eigenvalue weighted by molar-refractivity contribution is -0.137. The molecule has 0 saturated carbocycles. The molecule has 0 aliphatic rings. The predicted octanol–water partition coefficient (Wildman–Crippen LogP) is 7.33. The molecule has 0 saturated heterocycles. The van der Waals surface area contributed by atoms with Crippen molar-refractivity contribution in [1.29, 1.82) is 0 Å². The molecule has 0 radical (unpaired) electrons. The Labute approximate surface area is 205 Å². The van der Waals surface area contributed by atoms with Crippen LogP contribution in [0.2, 0.25) is 5.02 Å². The molecule has 3 aromatic carbocycles. The second kappa shape index (κ2) is 10.6. The minimum Gasteiger partial charge on any atom is -0.385 e. The molecule has 0 bridgehead atoms. The van der Waals surface area contributed by atoms with E-state index in [1.807, 2.05) is 30.3 Å². The molecule has 0 fully saturated rings. The molecule has 0 aliphatic heterocycles. The van der Waals surface area contributed by atoms with Crippen molar-refractivity contribution in [2.75, 3.05) is 17.2 Å². The molecule has 1 aromatic heterocycles. The number of hydrogen-bond donors (Lipinski definition) is 2. The highest BCUT2D eigenvalue weighted by atomic mass is 35.5. The van der Waals surface area contributed by atoms with E-state index in [0.29, 0.717) is 33.9 Å². The van der Waals surface area contributed by atoms with Crippen LogP contribution in [0.5, 0.6) is 0 Å². The van der Waals surface area contributed by atoms with E-state index < -0.39 is 17.6 Å². The maximum absolute atomic E-state index is 13.0. The molecule has 0 unspecified atom stereocenters. The SMILES string of the molecule is O=C(Nc1ccc(NCCc2ccccn2)cc1)c1ccc(Cl)cc1-c1ccc(C(F)(F)F)cc1. The first-order valence-corrected chi connectivity index (χ1v) is 11.2. The van der Waals surface area contributed by atoms with Crippen molar-refractivity contribution in [3.63, 3.8) is 0 Å². The van der Waals surface area contributed by atoms with Gasteiger partial charge in [-0.15, -0.1) is 0 Å². The molecule has 35 heavy (non-hydrogen) atoms. The normalized spacial score (nSPS) is 11.2. The number of hydrogen-bond acceptors (Lipinski definition) is 3. The van der Waals surface area contributed by atoms with Gasteiger partial charge in [0, 0.05) is 46.8 Å². The van der Waals surface area contributed by atoms with Crippen molar-refractivity contribution in [3.05, 3.63) is 113 Å². The third kappa shape index (κ3) is 6.39. The van der Waals surface area contributed by atoms with E-state index in [1.54, 1.807) is 36.5 Å². The fourth-order valence-corrected chi connectivity index (χ4v) is 3.71. The van der Waals surface area contributed by atoms with Crippen molar-refractivity contribution in [1.82, 2.24) is 4.98 Å². The van der Waals surface area contributed by atoms with Gasteiger partial charge in [0.15, 0.2) is 0 Å². The van der Waals surface area contributed by atoms with Crippen LogP contribution in [0, 0.1) is 0 Å². The molecular weight excluding hydrogens is 475 g/mol. The molecule has 0 spiro atoms. The van der Waals surface area contributed by atoms with Crippen molar-refractivity contribution < 1.29 is 18.0 Å². The number of nitrogens with one attached hydrogen (secondary N) is 2. The summed E-state index contributed by atoms with van der Waals surface area (Å²) >= 11 is 6.11. The molecule has 4 aromatic rings. The maximum atomic E-state index is 13.0. The van der Waals surface area contributed by atoms with Gasteiger partial charge in [-0.3, -0.25) is 9.78 Å². The van der Waals surface area contributed by atoms with Gasteiger partial charge in [-0.25, -0.2) is 0 Å². The van der Waals surface area contributed by atoms with Crippen LogP contribution in [0.3, 0.4) is 0 Å². The number of anilines is 2. The van der Waals surface area contributed by atoms with E-state index in [9.17, 15) is 18.0 Å². The van der Waals surface area contributed by atoms with Crippen LogP contribution < -0.4 is 10.6 Å². The molecule has 0 atom stereocenters. The first-order valence-electron chi connectivity index (χ1n) is 10.8. The minimum absolute atomic E-state index is 0.298. The molecule has 2 N–H and O–H groups in total. The molecule has 1 heterocycles. The Morgan fingerprint density at radius 1 is 0.886 bits per heavy atom. The summed E-state index contributed by atoms with van der Waals surface area (Å²) in [5.41, 5.74) is 2.91. The second-order valence-electron chi connectivity index (χ2n) is 7.79. The standard InChI is InChI=1S/C27H21ClF3N3O/c28-20-8-13-24(25(17-20)18-4-6-19(7-5-18)27(29,30)31)26(35)34-23-11-9-22(10-12-23)33-16-14-21-3-1-2-15-32-21/h1-13,15,17,33H,14,16H2,(H,34,35). The van der Waals surface area contributed by atoms with Gasteiger partial charge in [-0.05, 0) is 77.9 Å². The number of benzene rings is 3. The van der Waals surface area contributed by atoms with Crippen LogP contribution in [0.15, 0.2) is 91.1 Å². The lowest BCUT2D eigenvalue weighted by atomic mass is 9.98. The largest absolute Gasteiger partial charge is 0.416 e. The number of aromatic nitrogens is 1. The van der Waals surface area contributed by atoms with E-state index in [0.717, 1.165) is 29.9 Å². The smallest absolute Gasteiger partial charge is 0.385 e. The quantitative estimate of drug-likeness (QED) is 0.282. The number of nitrogens with zero attached hydrogens (tertiary/aromatic N) is 1. The van der Waals surface area contributed by atoms with Crippen LogP contribution in [0.25, 0.3) is 11.1 Å². The summed E-state index contributed by atoms with van der Waals surface area (Å²) in [5.74, 6) is -0.396. The van der Waals surface area contributed by atoms with Crippen LogP contribution in [0.1, 0.15) is 21.6 Å². The minimum atomic E-state index is -4.44. The molecule has 178 valence electrons. The summed E-state index contributed by atoms with van der Waals surface area (Å²) in [4.78, 5) is 17.3. The first-order chi connectivity index (χ1) is 16.8. The Balaban J connectivity index is 1.44. The van der Waals surface area contributed by atoms with Crippen LogP contribution in [-0.4, -0.2) is 17.4 Å². The van der Waals surface area contributed by atoms with E-state index >= 15 is 0 Å². The summed E-state index contributed by atoms with van der Waals surface area (Å²) in [7, 11) is 0. The van der Waals surface area contributed by atoms with E-state index in [1.165, 1.54) is 12.1 Å². The molecular formula is C27H21ClF3N3O. The highest BCUT2D eigenvalue weighted by Gasteiger charge is 2.30.